The summed E-state index contributed by atoms with van der Waals surface area (Å²) in [7, 11) is 6.93. The van der Waals surface area contributed by atoms with Crippen LogP contribution in [0, 0.1) is 0 Å². The van der Waals surface area contributed by atoms with Gasteiger partial charge in [0.25, 0.3) is 4.88 Å². The van der Waals surface area contributed by atoms with Crippen LogP contribution in [0.25, 0.3) is 20.9 Å². The smallest absolute Gasteiger partial charge is 0.301 e. The van der Waals surface area contributed by atoms with Crippen LogP contribution in [0.15, 0.2) is 54.6 Å². The van der Waals surface area contributed by atoms with E-state index in [0.717, 1.165) is 17.1 Å². The van der Waals surface area contributed by atoms with Gasteiger partial charge in [-0.25, -0.2) is 0 Å². The van der Waals surface area contributed by atoms with Crippen LogP contribution >= 0.6 is 20.7 Å². The Labute approximate surface area is 143 Å². The third-order valence-corrected chi connectivity index (χ3v) is 5.69. The number of rotatable bonds is 4. The van der Waals surface area contributed by atoms with Crippen molar-refractivity contribution in [3.8, 4) is 32.4 Å². The topological polar surface area (TPSA) is 18.5 Å². The third kappa shape index (κ3) is 3.40. The predicted octanol–water partition coefficient (Wildman–Crippen LogP) is 2.45. The molecular formula is C17H15ClO2S2. The quantitative estimate of drug-likeness (QED) is 0.531. The van der Waals surface area contributed by atoms with Crippen molar-refractivity contribution < 1.29 is 21.9 Å². The maximum absolute atomic E-state index is 5.44. The van der Waals surface area contributed by atoms with E-state index in [0.29, 0.717) is 0 Å². The minimum Gasteiger partial charge on any atom is -1.00 e. The van der Waals surface area contributed by atoms with E-state index in [2.05, 4.69) is 24.3 Å². The Morgan fingerprint density at radius 1 is 0.909 bits per heavy atom. The molecule has 22 heavy (non-hydrogen) atoms. The first-order valence-electron chi connectivity index (χ1n) is 6.53. The van der Waals surface area contributed by atoms with Crippen molar-refractivity contribution in [1.82, 2.24) is 0 Å². The maximum Gasteiger partial charge on any atom is 0.301 e. The minimum absolute atomic E-state index is 0. The van der Waals surface area contributed by atoms with Gasteiger partial charge in [0.1, 0.15) is 16.4 Å². The Hall–Kier alpha value is -1.62. The van der Waals surface area contributed by atoms with Crippen molar-refractivity contribution in [3.05, 3.63) is 54.6 Å². The summed E-state index contributed by atoms with van der Waals surface area (Å²) in [6, 6.07) is 18.5. The molecule has 0 saturated heterocycles. The lowest BCUT2D eigenvalue weighted by atomic mass is 10.1. The van der Waals surface area contributed by atoms with Crippen LogP contribution in [0.1, 0.15) is 0 Å². The zero-order valence-corrected chi connectivity index (χ0v) is 14.6. The molecule has 0 spiro atoms. The van der Waals surface area contributed by atoms with Crippen molar-refractivity contribution in [2.24, 2.45) is 0 Å². The summed E-state index contributed by atoms with van der Waals surface area (Å²) in [5, 5.41) is 0. The second-order valence-electron chi connectivity index (χ2n) is 4.47. The molecule has 0 bridgehead atoms. The first-order valence-corrected chi connectivity index (χ1v) is 8.68. The first kappa shape index (κ1) is 16.7. The van der Waals surface area contributed by atoms with Crippen LogP contribution in [-0.4, -0.2) is 14.2 Å². The molecule has 0 unspecified atom stereocenters. The van der Waals surface area contributed by atoms with E-state index in [-0.39, 0.29) is 12.4 Å². The second-order valence-corrected chi connectivity index (χ2v) is 6.68. The lowest BCUT2D eigenvalue weighted by Gasteiger charge is -2.03. The number of hydrogen-bond donors (Lipinski definition) is 0. The molecule has 0 aliphatic rings. The molecule has 1 heterocycles. The fraction of sp³-hybridized carbons (Fsp3) is 0.118. The molecule has 0 saturated carbocycles. The highest BCUT2D eigenvalue weighted by atomic mass is 35.5. The molecule has 0 aliphatic carbocycles. The average Bonchev–Trinajstić information content (AvgIpc) is 3.04. The monoisotopic (exact) mass is 350 g/mol. The Bertz CT molecular complexity index is 738. The highest BCUT2D eigenvalue weighted by molar-refractivity contribution is 7.72. The molecule has 3 rings (SSSR count). The number of halogens is 1. The van der Waals surface area contributed by atoms with Gasteiger partial charge in [-0.3, -0.25) is 0 Å². The van der Waals surface area contributed by atoms with E-state index in [1.807, 2.05) is 30.3 Å². The van der Waals surface area contributed by atoms with E-state index in [1.54, 1.807) is 34.9 Å². The van der Waals surface area contributed by atoms with E-state index >= 15 is 0 Å². The highest BCUT2D eigenvalue weighted by Crippen LogP contribution is 2.40. The van der Waals surface area contributed by atoms with Crippen molar-refractivity contribution >= 4 is 20.7 Å². The number of ether oxygens (including phenoxy) is 2. The Morgan fingerprint density at radius 2 is 1.64 bits per heavy atom. The summed E-state index contributed by atoms with van der Waals surface area (Å²) < 4.78 is 10.6. The van der Waals surface area contributed by atoms with Crippen LogP contribution in [0.2, 0.25) is 0 Å². The van der Waals surface area contributed by atoms with Crippen LogP contribution in [0.3, 0.4) is 0 Å². The predicted molar refractivity (Wildman–Crippen MR) is 90.6 cm³/mol. The summed E-state index contributed by atoms with van der Waals surface area (Å²) in [4.78, 5) is 2.48. The second kappa shape index (κ2) is 7.58. The van der Waals surface area contributed by atoms with Crippen molar-refractivity contribution in [2.75, 3.05) is 14.2 Å². The zero-order valence-electron chi connectivity index (χ0n) is 12.2. The zero-order chi connectivity index (χ0) is 14.7. The number of hydrogen-bond acceptors (Lipinski definition) is 3. The summed E-state index contributed by atoms with van der Waals surface area (Å²) in [5.74, 6) is 1.79. The van der Waals surface area contributed by atoms with Crippen molar-refractivity contribution in [3.63, 3.8) is 0 Å². The largest absolute Gasteiger partial charge is 1.00 e. The molecule has 1 aromatic heterocycles. The molecule has 0 amide bonds. The third-order valence-electron chi connectivity index (χ3n) is 3.23. The number of para-hydroxylation sites is 1. The van der Waals surface area contributed by atoms with Crippen LogP contribution in [0.4, 0.5) is 0 Å². The van der Waals surface area contributed by atoms with Crippen molar-refractivity contribution in [1.29, 1.82) is 0 Å². The molecule has 0 aliphatic heterocycles. The average molecular weight is 351 g/mol. The molecule has 3 aromatic rings. The van der Waals surface area contributed by atoms with Gasteiger partial charge in [-0.1, -0.05) is 12.1 Å². The van der Waals surface area contributed by atoms with E-state index < -0.39 is 0 Å². The van der Waals surface area contributed by atoms with Gasteiger partial charge in [0.05, 0.1) is 14.2 Å². The SMILES string of the molecule is COc1ccc(-c2cc(-c3ccccc3OC)s[s+]2)cc1.[Cl-]. The van der Waals surface area contributed by atoms with Gasteiger partial charge >= 0.3 is 10.3 Å². The van der Waals surface area contributed by atoms with Gasteiger partial charge < -0.3 is 21.9 Å². The van der Waals surface area contributed by atoms with Crippen LogP contribution in [0.5, 0.6) is 11.5 Å². The van der Waals surface area contributed by atoms with Crippen molar-refractivity contribution in [2.45, 2.75) is 0 Å². The van der Waals surface area contributed by atoms with E-state index in [1.165, 1.54) is 15.3 Å². The standard InChI is InChI=1S/C17H15O2S2.ClH/c1-18-13-9-7-12(8-10-13)16-11-17(21-20-16)14-5-3-4-6-15(14)19-2;/h3-11H,1-2H3;1H/q+1;/p-1. The van der Waals surface area contributed by atoms with E-state index in [9.17, 15) is 0 Å². The molecule has 0 fully saturated rings. The Kier molecular flexibility index (Phi) is 5.77. The molecule has 2 aromatic carbocycles. The molecule has 2 nitrogen and oxygen atoms in total. The lowest BCUT2D eigenvalue weighted by Crippen LogP contribution is -3.00. The fourth-order valence-corrected chi connectivity index (χ4v) is 4.58. The number of methoxy groups -OCH3 is 2. The van der Waals surface area contributed by atoms with Gasteiger partial charge in [-0.15, -0.1) is 0 Å². The normalized spacial score (nSPS) is 9.91. The lowest BCUT2D eigenvalue weighted by molar-refractivity contribution is -0.00000454. The van der Waals surface area contributed by atoms with Gasteiger partial charge in [-0.2, -0.15) is 0 Å². The minimum atomic E-state index is 0. The summed E-state index contributed by atoms with van der Waals surface area (Å²) in [6.07, 6.45) is 0. The van der Waals surface area contributed by atoms with Gasteiger partial charge in [-0.05, 0) is 36.4 Å². The maximum atomic E-state index is 5.44. The van der Waals surface area contributed by atoms with Crippen LogP contribution in [-0.2, 0) is 0 Å². The fourth-order valence-electron chi connectivity index (χ4n) is 2.11. The first-order chi connectivity index (χ1) is 10.3. The Morgan fingerprint density at radius 3 is 2.32 bits per heavy atom. The summed E-state index contributed by atoms with van der Waals surface area (Å²) in [6.45, 7) is 0. The molecular weight excluding hydrogens is 336 g/mol. The van der Waals surface area contributed by atoms with E-state index in [4.69, 9.17) is 9.47 Å². The molecule has 5 heteroatoms. The summed E-state index contributed by atoms with van der Waals surface area (Å²) in [5.41, 5.74) is 2.35. The molecule has 0 atom stereocenters. The highest BCUT2D eigenvalue weighted by Gasteiger charge is 2.19. The Balaban J connectivity index is 0.00000176. The number of benzene rings is 2. The summed E-state index contributed by atoms with van der Waals surface area (Å²) >= 11 is 0. The van der Waals surface area contributed by atoms with Crippen LogP contribution < -0.4 is 21.9 Å². The van der Waals surface area contributed by atoms with Gasteiger partial charge in [0.2, 0.25) is 0 Å². The van der Waals surface area contributed by atoms with Gasteiger partial charge in [0.15, 0.2) is 10.3 Å². The molecule has 0 radical (unpaired) electrons. The van der Waals surface area contributed by atoms with Gasteiger partial charge in [0, 0.05) is 17.2 Å². The molecule has 0 N–H and O–H groups in total. The molecule has 114 valence electrons.